The summed E-state index contributed by atoms with van der Waals surface area (Å²) in [7, 11) is 4.85. The largest absolute Gasteiger partial charge is 0.497 e. The molecule has 4 amide bonds. The van der Waals surface area contributed by atoms with Crippen LogP contribution in [0.3, 0.4) is 0 Å². The van der Waals surface area contributed by atoms with Gasteiger partial charge in [-0.3, -0.25) is 29.2 Å². The molecule has 3 aliphatic rings. The minimum absolute atomic E-state index is 0.0110. The van der Waals surface area contributed by atoms with Gasteiger partial charge < -0.3 is 34.1 Å². The predicted octanol–water partition coefficient (Wildman–Crippen LogP) is 11.0. The fourth-order valence-electron chi connectivity index (χ4n) is 7.33. The molecule has 14 nitrogen and oxygen atoms in total. The molecule has 9 rings (SSSR count). The monoisotopic (exact) mass is 1040 g/mol. The summed E-state index contributed by atoms with van der Waals surface area (Å²) in [6.07, 6.45) is 5.74. The van der Waals surface area contributed by atoms with Crippen LogP contribution in [0.2, 0.25) is 0 Å². The molecule has 3 heterocycles. The summed E-state index contributed by atoms with van der Waals surface area (Å²) in [5.74, 6) is 1.13. The molecule has 17 heteroatoms. The van der Waals surface area contributed by atoms with E-state index in [4.69, 9.17) is 24.2 Å². The summed E-state index contributed by atoms with van der Waals surface area (Å²) in [5.41, 5.74) is 6.82. The molecule has 0 spiro atoms. The maximum absolute atomic E-state index is 13.0. The lowest BCUT2D eigenvalue weighted by molar-refractivity contribution is -0.142. The molecule has 0 bridgehead atoms. The number of nitrogens with one attached hydrogen (secondary N) is 2. The van der Waals surface area contributed by atoms with Crippen LogP contribution in [-0.4, -0.2) is 75.8 Å². The van der Waals surface area contributed by atoms with Crippen molar-refractivity contribution in [2.24, 2.45) is 0 Å². The van der Waals surface area contributed by atoms with E-state index in [1.165, 1.54) is 35.3 Å². The van der Waals surface area contributed by atoms with Crippen molar-refractivity contribution in [3.8, 4) is 17.2 Å². The minimum atomic E-state index is -0.533. The summed E-state index contributed by atoms with van der Waals surface area (Å²) >= 11 is 4.33. The number of carbonyl (C=O) groups is 5. The molecule has 0 unspecified atom stereocenters. The molecule has 6 aromatic rings. The second-order valence-corrected chi connectivity index (χ2v) is 19.0. The molecule has 0 saturated heterocycles. The lowest BCUT2D eigenvalue weighted by Crippen LogP contribution is -2.37. The summed E-state index contributed by atoms with van der Waals surface area (Å²) < 4.78 is 20.4. The Morgan fingerprint density at radius 1 is 0.548 bits per heavy atom. The standard InChI is InChI=1S/C21H21NO4S.C19H18N2O4S.C16H13NO2S/c1-3-26-20(23)12-13-22-17-6-4-5-7-18(17)27-19(21(22)24)14-15-8-10-16(25-2)11-9-15;1-25-14-8-6-13(7-9-14)12-17-19(23)21(11-10-18(22)20-24)15-4-2-3-5-16(15)26-17;1-19-12-8-6-11(7-9-12)10-15-16(18)17-13-4-2-3-5-14(13)20-15/h4-11,14H,3,12-13H2,1-2H3;2-9,12,24H,10-11H2,1H3,(H,20,22);2-10H,1H3,(H,17,18)/b19-14-;17-12-;15-10-. The van der Waals surface area contributed by atoms with Crippen molar-refractivity contribution in [1.82, 2.24) is 5.48 Å². The second kappa shape index (κ2) is 26.1. The van der Waals surface area contributed by atoms with Crippen molar-refractivity contribution in [2.45, 2.75) is 34.5 Å². The number of hydrogen-bond donors (Lipinski definition) is 3. The van der Waals surface area contributed by atoms with Crippen molar-refractivity contribution in [2.75, 3.05) is 56.1 Å². The first-order valence-electron chi connectivity index (χ1n) is 22.9. The molecule has 0 radical (unpaired) electrons. The average molecular weight is 1040 g/mol. The third-order valence-electron chi connectivity index (χ3n) is 11.0. The van der Waals surface area contributed by atoms with Gasteiger partial charge in [0.15, 0.2) is 0 Å². The Hall–Kier alpha value is -7.70. The number of methoxy groups -OCH3 is 3. The SMILES string of the molecule is CCOC(=O)CCN1C(=O)/C(=C/c2ccc(OC)cc2)Sc2ccccc21.COc1ccc(/C=C2\Sc3ccccc3N(CCC(=O)NO)C2=O)cc1.COc1ccc(/C=C2\Sc3ccccc3NC2=O)cc1. The lowest BCUT2D eigenvalue weighted by Gasteiger charge is -2.30. The second-order valence-electron chi connectivity index (χ2n) is 15.8. The van der Waals surface area contributed by atoms with Gasteiger partial charge in [0.2, 0.25) is 5.91 Å². The van der Waals surface area contributed by atoms with E-state index in [9.17, 15) is 24.0 Å². The van der Waals surface area contributed by atoms with Gasteiger partial charge in [0, 0.05) is 34.2 Å². The smallest absolute Gasteiger partial charge is 0.307 e. The van der Waals surface area contributed by atoms with Gasteiger partial charge in [0.05, 0.1) is 66.1 Å². The van der Waals surface area contributed by atoms with Crippen molar-refractivity contribution in [3.05, 3.63) is 177 Å². The first-order chi connectivity index (χ1) is 35.5. The average Bonchev–Trinajstić information content (AvgIpc) is 3.42. The highest BCUT2D eigenvalue weighted by atomic mass is 32.2. The first kappa shape index (κ1) is 53.1. The highest BCUT2D eigenvalue weighted by Gasteiger charge is 2.31. The molecule has 3 aliphatic heterocycles. The number of carbonyl (C=O) groups excluding carboxylic acids is 5. The predicted molar refractivity (Wildman–Crippen MR) is 289 cm³/mol. The van der Waals surface area contributed by atoms with Gasteiger partial charge in [-0.05, 0) is 115 Å². The van der Waals surface area contributed by atoms with Crippen LogP contribution in [0.25, 0.3) is 18.2 Å². The Morgan fingerprint density at radius 3 is 1.38 bits per heavy atom. The van der Waals surface area contributed by atoms with Crippen LogP contribution < -0.4 is 34.8 Å². The Kier molecular flexibility index (Phi) is 19.0. The maximum atomic E-state index is 13.0. The van der Waals surface area contributed by atoms with E-state index in [0.717, 1.165) is 65.7 Å². The molecule has 374 valence electrons. The molecule has 6 aromatic carbocycles. The van der Waals surface area contributed by atoms with Gasteiger partial charge in [0.1, 0.15) is 17.2 Å². The minimum Gasteiger partial charge on any atom is -0.497 e. The Labute approximate surface area is 436 Å². The highest BCUT2D eigenvalue weighted by Crippen LogP contribution is 2.44. The van der Waals surface area contributed by atoms with Gasteiger partial charge in [0.25, 0.3) is 17.7 Å². The van der Waals surface area contributed by atoms with E-state index in [1.807, 2.05) is 164 Å². The van der Waals surface area contributed by atoms with Gasteiger partial charge in [-0.1, -0.05) is 108 Å². The molecule has 0 aliphatic carbocycles. The number of para-hydroxylation sites is 3. The molecule has 3 N–H and O–H groups in total. The first-order valence-corrected chi connectivity index (χ1v) is 25.4. The van der Waals surface area contributed by atoms with E-state index in [1.54, 1.807) is 43.5 Å². The van der Waals surface area contributed by atoms with Gasteiger partial charge in [-0.2, -0.15) is 0 Å². The maximum Gasteiger partial charge on any atom is 0.307 e. The number of anilines is 3. The lowest BCUT2D eigenvalue weighted by atomic mass is 10.2. The van der Waals surface area contributed by atoms with E-state index in [-0.39, 0.29) is 49.6 Å². The van der Waals surface area contributed by atoms with Gasteiger partial charge >= 0.3 is 5.97 Å². The van der Waals surface area contributed by atoms with E-state index in [0.29, 0.717) is 21.3 Å². The number of fused-ring (bicyclic) bond motifs is 3. The van der Waals surface area contributed by atoms with Crippen LogP contribution in [0.4, 0.5) is 17.1 Å². The summed E-state index contributed by atoms with van der Waals surface area (Å²) in [4.78, 5) is 69.2. The van der Waals surface area contributed by atoms with Crippen LogP contribution in [0.5, 0.6) is 17.2 Å². The molecule has 73 heavy (non-hydrogen) atoms. The summed E-state index contributed by atoms with van der Waals surface area (Å²) in [6.45, 7) is 2.57. The number of benzene rings is 6. The number of rotatable bonds is 13. The normalized spacial score (nSPS) is 15.1. The van der Waals surface area contributed by atoms with Crippen LogP contribution in [-0.2, 0) is 28.7 Å². The van der Waals surface area contributed by atoms with Crippen LogP contribution in [0, 0.1) is 0 Å². The van der Waals surface area contributed by atoms with Crippen LogP contribution in [0.15, 0.2) is 175 Å². The van der Waals surface area contributed by atoms with E-state index >= 15 is 0 Å². The number of amides is 4. The molecule has 0 fully saturated rings. The van der Waals surface area contributed by atoms with Gasteiger partial charge in [-0.15, -0.1) is 0 Å². The van der Waals surface area contributed by atoms with E-state index < -0.39 is 5.91 Å². The molecule has 0 aromatic heterocycles. The number of esters is 1. The van der Waals surface area contributed by atoms with Crippen LogP contribution >= 0.6 is 35.3 Å². The van der Waals surface area contributed by atoms with Crippen LogP contribution in [0.1, 0.15) is 36.5 Å². The highest BCUT2D eigenvalue weighted by molar-refractivity contribution is 8.05. The third-order valence-corrected chi connectivity index (χ3v) is 14.3. The Balaban J connectivity index is 0.000000162. The topological polar surface area (TPSA) is 173 Å². The number of hydroxylamine groups is 1. The fourth-order valence-corrected chi connectivity index (χ4v) is 10.4. The van der Waals surface area contributed by atoms with Crippen molar-refractivity contribution >= 4 is 100 Å². The third kappa shape index (κ3) is 14.3. The molecule has 0 saturated carbocycles. The zero-order valence-electron chi connectivity index (χ0n) is 40.4. The van der Waals surface area contributed by atoms with Crippen molar-refractivity contribution < 1.29 is 48.1 Å². The van der Waals surface area contributed by atoms with E-state index in [2.05, 4.69) is 5.32 Å². The molecular formula is C56H52N4O10S3. The summed E-state index contributed by atoms with van der Waals surface area (Å²) in [6, 6.07) is 45.6. The zero-order chi connectivity index (χ0) is 51.7. The number of ether oxygens (including phenoxy) is 4. The zero-order valence-corrected chi connectivity index (χ0v) is 42.8. The fraction of sp³-hybridized carbons (Fsp3) is 0.161. The number of hydrogen-bond acceptors (Lipinski definition) is 13. The van der Waals surface area contributed by atoms with Crippen molar-refractivity contribution in [1.29, 1.82) is 0 Å². The molecular weight excluding hydrogens is 985 g/mol. The Morgan fingerprint density at radius 2 is 0.945 bits per heavy atom. The number of nitrogens with zero attached hydrogens (tertiary/aromatic N) is 2. The molecule has 0 atom stereocenters. The van der Waals surface area contributed by atoms with Gasteiger partial charge in [-0.25, -0.2) is 5.48 Å². The quantitative estimate of drug-likeness (QED) is 0.0432. The summed E-state index contributed by atoms with van der Waals surface area (Å²) in [5, 5.41) is 11.6. The number of thioether (sulfide) groups is 3. The van der Waals surface area contributed by atoms with Crippen molar-refractivity contribution in [3.63, 3.8) is 0 Å². The Bertz CT molecular complexity index is 3030.